The summed E-state index contributed by atoms with van der Waals surface area (Å²) in [4.78, 5) is 23.6. The number of amides is 1. The van der Waals surface area contributed by atoms with Gasteiger partial charge in [0.15, 0.2) is 5.82 Å². The Bertz CT molecular complexity index is 1470. The smallest absolute Gasteiger partial charge is 0.410 e. The van der Waals surface area contributed by atoms with Crippen molar-refractivity contribution in [3.63, 3.8) is 0 Å². The van der Waals surface area contributed by atoms with Crippen molar-refractivity contribution >= 4 is 6.09 Å². The second kappa shape index (κ2) is 11.5. The molecular formula is C32H39N7O2. The van der Waals surface area contributed by atoms with Crippen molar-refractivity contribution in [3.05, 3.63) is 61.4 Å². The van der Waals surface area contributed by atoms with Gasteiger partial charge in [0.05, 0.1) is 24.5 Å². The van der Waals surface area contributed by atoms with Gasteiger partial charge in [0.2, 0.25) is 0 Å². The zero-order valence-electron chi connectivity index (χ0n) is 24.2. The van der Waals surface area contributed by atoms with Gasteiger partial charge in [-0.05, 0) is 58.1 Å². The molecule has 2 aliphatic rings. The molecule has 0 bridgehead atoms. The Morgan fingerprint density at radius 3 is 1.98 bits per heavy atom. The quantitative estimate of drug-likeness (QED) is 0.266. The van der Waals surface area contributed by atoms with Crippen LogP contribution in [0.15, 0.2) is 61.4 Å². The van der Waals surface area contributed by atoms with Gasteiger partial charge in [-0.1, -0.05) is 37.5 Å². The number of aromatic nitrogens is 6. The van der Waals surface area contributed by atoms with E-state index < -0.39 is 5.60 Å². The van der Waals surface area contributed by atoms with Crippen LogP contribution in [0.25, 0.3) is 33.6 Å². The molecule has 1 amide bonds. The molecule has 1 saturated heterocycles. The number of likely N-dealkylation sites (tertiary alicyclic amines) is 1. The van der Waals surface area contributed by atoms with E-state index in [2.05, 4.69) is 39.4 Å². The maximum Gasteiger partial charge on any atom is 0.410 e. The summed E-state index contributed by atoms with van der Waals surface area (Å²) >= 11 is 0. The normalized spacial score (nSPS) is 17.1. The molecule has 6 rings (SSSR count). The molecular weight excluding hydrogens is 514 g/mol. The zero-order chi connectivity index (χ0) is 28.4. The number of nitrogens with zero attached hydrogens (tertiary/aromatic N) is 7. The number of hydrogen-bond acceptors (Lipinski definition) is 6. The van der Waals surface area contributed by atoms with E-state index in [0.717, 1.165) is 40.7 Å². The van der Waals surface area contributed by atoms with E-state index in [0.29, 0.717) is 25.0 Å². The minimum atomic E-state index is -0.481. The summed E-state index contributed by atoms with van der Waals surface area (Å²) in [5.74, 6) is 0.692. The maximum atomic E-state index is 12.4. The fraction of sp³-hybridized carbons (Fsp3) is 0.469. The van der Waals surface area contributed by atoms with Crippen molar-refractivity contribution in [2.24, 2.45) is 0 Å². The first kappa shape index (κ1) is 27.2. The lowest BCUT2D eigenvalue weighted by Gasteiger charge is -2.33. The minimum Gasteiger partial charge on any atom is -0.444 e. The summed E-state index contributed by atoms with van der Waals surface area (Å²) in [6.45, 7) is 7.02. The van der Waals surface area contributed by atoms with Crippen LogP contribution in [0.2, 0.25) is 0 Å². The molecule has 1 aliphatic heterocycles. The topological polar surface area (TPSA) is 91.0 Å². The SMILES string of the molecule is CC(C)(C)OC(=O)N1CCC(n2cc(-c3cccc(-c4ncc(-c5cnn(C6CCCCC6)c5)cn4)c3)cn2)CC1. The lowest BCUT2D eigenvalue weighted by molar-refractivity contribution is 0.0185. The van der Waals surface area contributed by atoms with Gasteiger partial charge in [0, 0.05) is 60.1 Å². The molecule has 1 aliphatic carbocycles. The number of piperidine rings is 1. The Morgan fingerprint density at radius 2 is 1.34 bits per heavy atom. The van der Waals surface area contributed by atoms with Crippen LogP contribution in [0.5, 0.6) is 0 Å². The van der Waals surface area contributed by atoms with Gasteiger partial charge in [-0.2, -0.15) is 10.2 Å². The Kier molecular flexibility index (Phi) is 7.60. The fourth-order valence-corrected chi connectivity index (χ4v) is 5.82. The van der Waals surface area contributed by atoms with Crippen LogP contribution in [-0.4, -0.2) is 59.2 Å². The third kappa shape index (κ3) is 6.34. The molecule has 3 aromatic heterocycles. The standard InChI is InChI=1S/C32H39N7O2/c1-32(2,3)41-31(40)37-14-12-29(13-15-37)39-21-26(19-35-39)23-8-7-9-24(16-23)30-33-17-25(18-34-30)27-20-36-38(22-27)28-10-5-4-6-11-28/h7-9,16-22,28-29H,4-6,10-15H2,1-3H3. The molecule has 9 nitrogen and oxygen atoms in total. The van der Waals surface area contributed by atoms with Crippen LogP contribution in [0, 0.1) is 0 Å². The van der Waals surface area contributed by atoms with Crippen LogP contribution in [0.4, 0.5) is 4.79 Å². The van der Waals surface area contributed by atoms with E-state index in [1.807, 2.05) is 62.4 Å². The van der Waals surface area contributed by atoms with Crippen LogP contribution in [-0.2, 0) is 4.74 Å². The molecule has 41 heavy (non-hydrogen) atoms. The molecule has 9 heteroatoms. The highest BCUT2D eigenvalue weighted by atomic mass is 16.6. The third-order valence-corrected chi connectivity index (χ3v) is 8.08. The lowest BCUT2D eigenvalue weighted by Crippen LogP contribution is -2.42. The molecule has 0 radical (unpaired) electrons. The lowest BCUT2D eigenvalue weighted by atomic mass is 9.96. The highest BCUT2D eigenvalue weighted by Gasteiger charge is 2.28. The molecule has 0 N–H and O–H groups in total. The minimum absolute atomic E-state index is 0.237. The second-order valence-corrected chi connectivity index (χ2v) is 12.3. The summed E-state index contributed by atoms with van der Waals surface area (Å²) in [7, 11) is 0. The number of hydrogen-bond donors (Lipinski definition) is 0. The van der Waals surface area contributed by atoms with Gasteiger partial charge in [0.25, 0.3) is 0 Å². The number of ether oxygens (including phenoxy) is 1. The Balaban J connectivity index is 1.10. The molecule has 1 saturated carbocycles. The summed E-state index contributed by atoms with van der Waals surface area (Å²) in [6.07, 6.45) is 19.6. The average Bonchev–Trinajstić information content (AvgIpc) is 3.68. The van der Waals surface area contributed by atoms with Crippen molar-refractivity contribution in [1.29, 1.82) is 0 Å². The molecule has 1 aromatic carbocycles. The largest absolute Gasteiger partial charge is 0.444 e. The molecule has 214 valence electrons. The molecule has 0 unspecified atom stereocenters. The van der Waals surface area contributed by atoms with E-state index in [-0.39, 0.29) is 12.1 Å². The Labute approximate surface area is 241 Å². The van der Waals surface area contributed by atoms with E-state index in [4.69, 9.17) is 14.7 Å². The summed E-state index contributed by atoms with van der Waals surface area (Å²) in [5, 5.41) is 9.30. The Hall–Kier alpha value is -4.01. The van der Waals surface area contributed by atoms with E-state index in [9.17, 15) is 4.79 Å². The monoisotopic (exact) mass is 553 g/mol. The first-order valence-corrected chi connectivity index (χ1v) is 14.8. The molecule has 4 heterocycles. The maximum absolute atomic E-state index is 12.4. The highest BCUT2D eigenvalue weighted by molar-refractivity contribution is 5.70. The molecule has 2 fully saturated rings. The van der Waals surface area contributed by atoms with E-state index in [1.165, 1.54) is 32.1 Å². The average molecular weight is 554 g/mol. The van der Waals surface area contributed by atoms with Gasteiger partial charge >= 0.3 is 6.09 Å². The number of benzene rings is 1. The van der Waals surface area contributed by atoms with Crippen molar-refractivity contribution in [2.75, 3.05) is 13.1 Å². The first-order valence-electron chi connectivity index (χ1n) is 14.8. The van der Waals surface area contributed by atoms with Crippen LogP contribution >= 0.6 is 0 Å². The molecule has 0 atom stereocenters. The summed E-state index contributed by atoms with van der Waals surface area (Å²) in [5.41, 5.74) is 4.64. The van der Waals surface area contributed by atoms with E-state index in [1.54, 1.807) is 4.90 Å². The van der Waals surface area contributed by atoms with Crippen molar-refractivity contribution in [1.82, 2.24) is 34.4 Å². The molecule has 4 aromatic rings. The van der Waals surface area contributed by atoms with Gasteiger partial charge < -0.3 is 9.64 Å². The number of rotatable bonds is 5. The first-order chi connectivity index (χ1) is 19.8. The molecule has 0 spiro atoms. The third-order valence-electron chi connectivity index (χ3n) is 8.08. The van der Waals surface area contributed by atoms with Crippen molar-refractivity contribution in [3.8, 4) is 33.6 Å². The van der Waals surface area contributed by atoms with Gasteiger partial charge in [-0.3, -0.25) is 9.36 Å². The van der Waals surface area contributed by atoms with Crippen LogP contribution in [0.3, 0.4) is 0 Å². The Morgan fingerprint density at radius 1 is 0.756 bits per heavy atom. The second-order valence-electron chi connectivity index (χ2n) is 12.3. The predicted octanol–water partition coefficient (Wildman–Crippen LogP) is 6.95. The van der Waals surface area contributed by atoms with Gasteiger partial charge in [-0.15, -0.1) is 0 Å². The highest BCUT2D eigenvalue weighted by Crippen LogP contribution is 2.31. The fourth-order valence-electron chi connectivity index (χ4n) is 5.82. The summed E-state index contributed by atoms with van der Waals surface area (Å²) in [6, 6.07) is 9.04. The van der Waals surface area contributed by atoms with Crippen LogP contribution < -0.4 is 0 Å². The van der Waals surface area contributed by atoms with Crippen molar-refractivity contribution < 1.29 is 9.53 Å². The number of carbonyl (C=O) groups excluding carboxylic acids is 1. The van der Waals surface area contributed by atoms with E-state index >= 15 is 0 Å². The van der Waals surface area contributed by atoms with Gasteiger partial charge in [-0.25, -0.2) is 14.8 Å². The number of carbonyl (C=O) groups is 1. The summed E-state index contributed by atoms with van der Waals surface area (Å²) < 4.78 is 9.69. The van der Waals surface area contributed by atoms with Crippen molar-refractivity contribution in [2.45, 2.75) is 83.4 Å². The predicted molar refractivity (Wildman–Crippen MR) is 158 cm³/mol. The van der Waals surface area contributed by atoms with Crippen LogP contribution in [0.1, 0.15) is 77.8 Å². The van der Waals surface area contributed by atoms with Gasteiger partial charge in [0.1, 0.15) is 5.60 Å². The zero-order valence-corrected chi connectivity index (χ0v) is 24.2.